The molecule has 0 radical (unpaired) electrons. The summed E-state index contributed by atoms with van der Waals surface area (Å²) in [6.07, 6.45) is 0.429. The SMILES string of the molecule is COCC(C)CC(=O)c1ccc(F)c(C)c1. The molecular formula is C13H17FO2. The predicted octanol–water partition coefficient (Wildman–Crippen LogP) is 2.99. The van der Waals surface area contributed by atoms with Gasteiger partial charge < -0.3 is 4.74 Å². The van der Waals surface area contributed by atoms with Crippen molar-refractivity contribution in [2.24, 2.45) is 5.92 Å². The fraction of sp³-hybridized carbons (Fsp3) is 0.462. The van der Waals surface area contributed by atoms with Crippen LogP contribution in [0.1, 0.15) is 29.3 Å². The maximum Gasteiger partial charge on any atom is 0.163 e. The highest BCUT2D eigenvalue weighted by atomic mass is 19.1. The number of carbonyl (C=O) groups excluding carboxylic acids is 1. The summed E-state index contributed by atoms with van der Waals surface area (Å²) in [5, 5.41) is 0. The number of hydrogen-bond donors (Lipinski definition) is 0. The summed E-state index contributed by atoms with van der Waals surface area (Å²) in [6.45, 7) is 4.17. The van der Waals surface area contributed by atoms with Gasteiger partial charge in [-0.1, -0.05) is 6.92 Å². The first-order chi connectivity index (χ1) is 7.54. The molecule has 0 fully saturated rings. The minimum Gasteiger partial charge on any atom is -0.384 e. The Morgan fingerprint density at radius 3 is 2.75 bits per heavy atom. The summed E-state index contributed by atoms with van der Waals surface area (Å²) >= 11 is 0. The first-order valence-electron chi connectivity index (χ1n) is 5.33. The monoisotopic (exact) mass is 224 g/mol. The molecule has 1 rings (SSSR count). The maximum absolute atomic E-state index is 13.0. The van der Waals surface area contributed by atoms with Gasteiger partial charge in [-0.15, -0.1) is 0 Å². The summed E-state index contributed by atoms with van der Waals surface area (Å²) < 4.78 is 18.0. The average Bonchev–Trinajstić information content (AvgIpc) is 2.22. The fourth-order valence-corrected chi connectivity index (χ4v) is 1.60. The van der Waals surface area contributed by atoms with Gasteiger partial charge in [-0.25, -0.2) is 4.39 Å². The molecule has 0 saturated carbocycles. The van der Waals surface area contributed by atoms with E-state index in [0.29, 0.717) is 24.2 Å². The minimum absolute atomic E-state index is 0.0349. The number of rotatable bonds is 5. The number of Topliss-reactive ketones (excluding diaryl/α,β-unsaturated/α-hetero) is 1. The largest absolute Gasteiger partial charge is 0.384 e. The lowest BCUT2D eigenvalue weighted by Crippen LogP contribution is -2.11. The molecule has 0 heterocycles. The lowest BCUT2D eigenvalue weighted by molar-refractivity contribution is 0.0920. The Morgan fingerprint density at radius 1 is 1.50 bits per heavy atom. The van der Waals surface area contributed by atoms with Crippen molar-refractivity contribution >= 4 is 5.78 Å². The zero-order valence-electron chi connectivity index (χ0n) is 9.92. The Hall–Kier alpha value is -1.22. The highest BCUT2D eigenvalue weighted by Crippen LogP contribution is 2.14. The standard InChI is InChI=1S/C13H17FO2/c1-9(8-16-3)6-13(15)11-4-5-12(14)10(2)7-11/h4-5,7,9H,6,8H2,1-3H3. The topological polar surface area (TPSA) is 26.3 Å². The van der Waals surface area contributed by atoms with Gasteiger partial charge in [0.05, 0.1) is 0 Å². The average molecular weight is 224 g/mol. The van der Waals surface area contributed by atoms with Crippen LogP contribution in [-0.4, -0.2) is 19.5 Å². The van der Waals surface area contributed by atoms with E-state index in [-0.39, 0.29) is 17.5 Å². The van der Waals surface area contributed by atoms with Gasteiger partial charge in [0.1, 0.15) is 5.82 Å². The molecule has 1 unspecified atom stereocenters. The molecule has 0 bridgehead atoms. The van der Waals surface area contributed by atoms with Crippen molar-refractivity contribution < 1.29 is 13.9 Å². The van der Waals surface area contributed by atoms with Crippen LogP contribution in [0.25, 0.3) is 0 Å². The summed E-state index contributed by atoms with van der Waals surface area (Å²) in [5.41, 5.74) is 1.08. The Bertz CT molecular complexity index is 374. The number of benzene rings is 1. The first kappa shape index (κ1) is 12.8. The molecule has 88 valence electrons. The van der Waals surface area contributed by atoms with Crippen LogP contribution in [0.5, 0.6) is 0 Å². The molecule has 0 amide bonds. The van der Waals surface area contributed by atoms with Gasteiger partial charge in [0.2, 0.25) is 0 Å². The van der Waals surface area contributed by atoms with E-state index < -0.39 is 0 Å². The second-order valence-corrected chi connectivity index (χ2v) is 4.15. The van der Waals surface area contributed by atoms with Crippen LogP contribution in [0.2, 0.25) is 0 Å². The van der Waals surface area contributed by atoms with E-state index in [0.717, 1.165) is 0 Å². The van der Waals surface area contributed by atoms with Gasteiger partial charge in [-0.05, 0) is 36.6 Å². The van der Waals surface area contributed by atoms with Crippen LogP contribution >= 0.6 is 0 Å². The Kier molecular flexibility index (Phi) is 4.62. The van der Waals surface area contributed by atoms with Crippen molar-refractivity contribution in [3.63, 3.8) is 0 Å². The molecular weight excluding hydrogens is 207 g/mol. The van der Waals surface area contributed by atoms with Crippen LogP contribution in [0.3, 0.4) is 0 Å². The molecule has 0 aliphatic carbocycles. The van der Waals surface area contributed by atoms with Gasteiger partial charge in [-0.2, -0.15) is 0 Å². The lowest BCUT2D eigenvalue weighted by atomic mass is 9.99. The Balaban J connectivity index is 2.69. The molecule has 1 atom stereocenters. The Labute approximate surface area is 95.4 Å². The molecule has 1 aromatic rings. The third-order valence-corrected chi connectivity index (χ3v) is 2.46. The molecule has 3 heteroatoms. The van der Waals surface area contributed by atoms with Gasteiger partial charge in [0, 0.05) is 25.7 Å². The van der Waals surface area contributed by atoms with E-state index in [1.807, 2.05) is 6.92 Å². The molecule has 0 aromatic heterocycles. The summed E-state index contributed by atoms with van der Waals surface area (Å²) in [7, 11) is 1.61. The van der Waals surface area contributed by atoms with E-state index >= 15 is 0 Å². The number of aryl methyl sites for hydroxylation is 1. The zero-order valence-corrected chi connectivity index (χ0v) is 9.92. The number of ether oxygens (including phenoxy) is 1. The number of halogens is 1. The second kappa shape index (κ2) is 5.75. The van der Waals surface area contributed by atoms with Crippen LogP contribution in [0.15, 0.2) is 18.2 Å². The quantitative estimate of drug-likeness (QED) is 0.719. The summed E-state index contributed by atoms with van der Waals surface area (Å²) in [6, 6.07) is 4.46. The molecule has 0 spiro atoms. The zero-order chi connectivity index (χ0) is 12.1. The smallest absolute Gasteiger partial charge is 0.163 e. The van der Waals surface area contributed by atoms with E-state index in [4.69, 9.17) is 4.74 Å². The summed E-state index contributed by atoms with van der Waals surface area (Å²) in [5.74, 6) is -0.0583. The van der Waals surface area contributed by atoms with E-state index in [9.17, 15) is 9.18 Å². The van der Waals surface area contributed by atoms with Gasteiger partial charge in [-0.3, -0.25) is 4.79 Å². The van der Waals surface area contributed by atoms with Gasteiger partial charge >= 0.3 is 0 Å². The molecule has 0 aliphatic rings. The molecule has 2 nitrogen and oxygen atoms in total. The van der Waals surface area contributed by atoms with Crippen molar-refractivity contribution in [3.8, 4) is 0 Å². The normalized spacial score (nSPS) is 12.5. The predicted molar refractivity (Wildman–Crippen MR) is 61.1 cm³/mol. The number of carbonyl (C=O) groups is 1. The van der Waals surface area contributed by atoms with Gasteiger partial charge in [0.25, 0.3) is 0 Å². The first-order valence-corrected chi connectivity index (χ1v) is 5.33. The number of ketones is 1. The van der Waals surface area contributed by atoms with Crippen molar-refractivity contribution in [1.29, 1.82) is 0 Å². The molecule has 1 aromatic carbocycles. The second-order valence-electron chi connectivity index (χ2n) is 4.15. The van der Waals surface area contributed by atoms with E-state index in [2.05, 4.69) is 0 Å². The van der Waals surface area contributed by atoms with E-state index in [1.165, 1.54) is 12.1 Å². The van der Waals surface area contributed by atoms with Crippen LogP contribution < -0.4 is 0 Å². The van der Waals surface area contributed by atoms with E-state index in [1.54, 1.807) is 20.1 Å². The highest BCUT2D eigenvalue weighted by molar-refractivity contribution is 5.96. The minimum atomic E-state index is -0.276. The highest BCUT2D eigenvalue weighted by Gasteiger charge is 2.12. The third-order valence-electron chi connectivity index (χ3n) is 2.46. The number of hydrogen-bond acceptors (Lipinski definition) is 2. The molecule has 0 N–H and O–H groups in total. The van der Waals surface area contributed by atoms with Gasteiger partial charge in [0.15, 0.2) is 5.78 Å². The Morgan fingerprint density at radius 2 is 2.19 bits per heavy atom. The van der Waals surface area contributed by atoms with Crippen molar-refractivity contribution in [2.75, 3.05) is 13.7 Å². The molecule has 16 heavy (non-hydrogen) atoms. The van der Waals surface area contributed by atoms with Crippen LogP contribution in [0.4, 0.5) is 4.39 Å². The number of methoxy groups -OCH3 is 1. The van der Waals surface area contributed by atoms with Crippen molar-refractivity contribution in [1.82, 2.24) is 0 Å². The van der Waals surface area contributed by atoms with Crippen molar-refractivity contribution in [3.05, 3.63) is 35.1 Å². The molecule has 0 saturated heterocycles. The van der Waals surface area contributed by atoms with Crippen LogP contribution in [0, 0.1) is 18.7 Å². The lowest BCUT2D eigenvalue weighted by Gasteiger charge is -2.09. The van der Waals surface area contributed by atoms with Crippen molar-refractivity contribution in [2.45, 2.75) is 20.3 Å². The summed E-state index contributed by atoms with van der Waals surface area (Å²) in [4.78, 5) is 11.8. The molecule has 0 aliphatic heterocycles. The fourth-order valence-electron chi connectivity index (χ4n) is 1.60. The van der Waals surface area contributed by atoms with Crippen LogP contribution in [-0.2, 0) is 4.74 Å². The maximum atomic E-state index is 13.0. The third kappa shape index (κ3) is 3.42.